The Morgan fingerprint density at radius 2 is 2.06 bits per heavy atom. The third-order valence-electron chi connectivity index (χ3n) is 3.75. The average Bonchev–Trinajstić information content (AvgIpc) is 2.76. The third-order valence-corrected chi connectivity index (χ3v) is 6.20. The lowest BCUT2D eigenvalue weighted by Crippen LogP contribution is -2.37. The van der Waals surface area contributed by atoms with Crippen LogP contribution in [-0.2, 0) is 0 Å². The molecule has 3 atom stereocenters. The van der Waals surface area contributed by atoms with Crippen LogP contribution >= 0.6 is 23.5 Å². The molecule has 1 nitrogen and oxygen atoms in total. The largest absolute Gasteiger partial charge is 0.306 e. The molecule has 0 radical (unpaired) electrons. The molecule has 17 heavy (non-hydrogen) atoms. The van der Waals surface area contributed by atoms with E-state index in [-0.39, 0.29) is 0 Å². The first-order valence-corrected chi connectivity index (χ1v) is 8.47. The summed E-state index contributed by atoms with van der Waals surface area (Å²) in [5.41, 5.74) is 1.52. The van der Waals surface area contributed by atoms with Crippen molar-refractivity contribution in [3.05, 3.63) is 29.8 Å². The second-order valence-corrected chi connectivity index (χ2v) is 7.49. The summed E-state index contributed by atoms with van der Waals surface area (Å²) in [4.78, 5) is 1.48. The zero-order chi connectivity index (χ0) is 11.7. The van der Waals surface area contributed by atoms with E-state index < -0.39 is 0 Å². The number of rotatable bonds is 2. The third kappa shape index (κ3) is 2.51. The fourth-order valence-corrected chi connectivity index (χ4v) is 5.06. The van der Waals surface area contributed by atoms with Crippen LogP contribution in [0.1, 0.15) is 31.4 Å². The summed E-state index contributed by atoms with van der Waals surface area (Å²) in [5.74, 6) is 2.57. The summed E-state index contributed by atoms with van der Waals surface area (Å²) in [6, 6.07) is 10.2. The molecule has 1 aromatic rings. The van der Waals surface area contributed by atoms with Gasteiger partial charge in [-0.05, 0) is 36.0 Å². The van der Waals surface area contributed by atoms with Crippen LogP contribution in [0.2, 0.25) is 0 Å². The molecule has 0 bridgehead atoms. The van der Waals surface area contributed by atoms with Gasteiger partial charge in [0.15, 0.2) is 0 Å². The SMILES string of the molecule is CC1SCCC1NC1CCSc2ccccc21. The number of hydrogen-bond acceptors (Lipinski definition) is 3. The normalized spacial score (nSPS) is 32.4. The highest BCUT2D eigenvalue weighted by Crippen LogP contribution is 2.37. The van der Waals surface area contributed by atoms with E-state index in [0.29, 0.717) is 12.1 Å². The molecule has 3 rings (SSSR count). The molecule has 1 fully saturated rings. The fraction of sp³-hybridized carbons (Fsp3) is 0.571. The van der Waals surface area contributed by atoms with Gasteiger partial charge in [0.1, 0.15) is 0 Å². The van der Waals surface area contributed by atoms with Gasteiger partial charge < -0.3 is 5.32 Å². The minimum atomic E-state index is 0.582. The molecule has 92 valence electrons. The highest BCUT2D eigenvalue weighted by Gasteiger charge is 2.28. The molecule has 3 unspecified atom stereocenters. The highest BCUT2D eigenvalue weighted by molar-refractivity contribution is 8.00. The average molecular weight is 265 g/mol. The summed E-state index contributed by atoms with van der Waals surface area (Å²) in [7, 11) is 0. The fourth-order valence-electron chi connectivity index (χ4n) is 2.72. The predicted octanol–water partition coefficient (Wildman–Crippen LogP) is 3.71. The molecule has 0 spiro atoms. The van der Waals surface area contributed by atoms with Gasteiger partial charge in [-0.3, -0.25) is 0 Å². The molecular formula is C14H19NS2. The van der Waals surface area contributed by atoms with Gasteiger partial charge in [0.2, 0.25) is 0 Å². The Kier molecular flexibility index (Phi) is 3.69. The smallest absolute Gasteiger partial charge is 0.0342 e. The van der Waals surface area contributed by atoms with Crippen LogP contribution in [0, 0.1) is 0 Å². The Hall–Kier alpha value is -0.120. The van der Waals surface area contributed by atoms with Crippen molar-refractivity contribution in [3.8, 4) is 0 Å². The first kappa shape index (κ1) is 11.9. The number of nitrogens with one attached hydrogen (secondary N) is 1. The van der Waals surface area contributed by atoms with Crippen LogP contribution in [0.3, 0.4) is 0 Å². The van der Waals surface area contributed by atoms with E-state index in [1.54, 1.807) is 0 Å². The van der Waals surface area contributed by atoms with Gasteiger partial charge in [-0.1, -0.05) is 25.1 Å². The first-order chi connectivity index (χ1) is 8.34. The Morgan fingerprint density at radius 1 is 1.18 bits per heavy atom. The van der Waals surface area contributed by atoms with E-state index in [1.807, 2.05) is 11.8 Å². The lowest BCUT2D eigenvalue weighted by atomic mass is 10.0. The first-order valence-electron chi connectivity index (χ1n) is 6.44. The Bertz CT molecular complexity index is 394. The molecule has 0 amide bonds. The van der Waals surface area contributed by atoms with Crippen LogP contribution in [0.5, 0.6) is 0 Å². The van der Waals surface area contributed by atoms with Gasteiger partial charge in [-0.15, -0.1) is 11.8 Å². The van der Waals surface area contributed by atoms with Crippen molar-refractivity contribution in [3.63, 3.8) is 0 Å². The van der Waals surface area contributed by atoms with Crippen LogP contribution < -0.4 is 5.32 Å². The molecule has 1 saturated heterocycles. The van der Waals surface area contributed by atoms with Crippen molar-refractivity contribution >= 4 is 23.5 Å². The van der Waals surface area contributed by atoms with E-state index >= 15 is 0 Å². The van der Waals surface area contributed by atoms with E-state index in [0.717, 1.165) is 5.25 Å². The zero-order valence-corrected chi connectivity index (χ0v) is 11.8. The molecule has 2 aliphatic rings. The number of thioether (sulfide) groups is 2. The summed E-state index contributed by atoms with van der Waals surface area (Å²) in [6.45, 7) is 2.36. The van der Waals surface area contributed by atoms with Crippen molar-refractivity contribution in [1.82, 2.24) is 5.32 Å². The van der Waals surface area contributed by atoms with E-state index in [2.05, 4.69) is 48.3 Å². The van der Waals surface area contributed by atoms with E-state index in [1.165, 1.54) is 34.8 Å². The van der Waals surface area contributed by atoms with Gasteiger partial charge in [0.05, 0.1) is 0 Å². The number of fused-ring (bicyclic) bond motifs is 1. The standard InChI is InChI=1S/C14H19NS2/c1-10-12(6-8-16-10)15-13-7-9-17-14-5-3-2-4-11(13)14/h2-5,10,12-13,15H,6-9H2,1H3. The lowest BCUT2D eigenvalue weighted by molar-refractivity contribution is 0.420. The molecule has 0 aromatic heterocycles. The van der Waals surface area contributed by atoms with Gasteiger partial charge in [0, 0.05) is 22.2 Å². The van der Waals surface area contributed by atoms with Crippen LogP contribution in [0.15, 0.2) is 29.2 Å². The molecule has 2 aliphatic heterocycles. The van der Waals surface area contributed by atoms with Crippen molar-refractivity contribution < 1.29 is 0 Å². The van der Waals surface area contributed by atoms with Gasteiger partial charge in [-0.25, -0.2) is 0 Å². The molecule has 1 aromatic carbocycles. The van der Waals surface area contributed by atoms with Crippen LogP contribution in [-0.4, -0.2) is 22.8 Å². The highest BCUT2D eigenvalue weighted by atomic mass is 32.2. The van der Waals surface area contributed by atoms with Crippen molar-refractivity contribution in [2.24, 2.45) is 0 Å². The lowest BCUT2D eigenvalue weighted by Gasteiger charge is -2.30. The van der Waals surface area contributed by atoms with E-state index in [4.69, 9.17) is 0 Å². The van der Waals surface area contributed by atoms with Crippen molar-refractivity contribution in [2.45, 2.75) is 42.0 Å². The maximum Gasteiger partial charge on any atom is 0.0342 e. The van der Waals surface area contributed by atoms with Crippen LogP contribution in [0.4, 0.5) is 0 Å². The van der Waals surface area contributed by atoms with Gasteiger partial charge in [0.25, 0.3) is 0 Å². The zero-order valence-electron chi connectivity index (χ0n) is 10.2. The Morgan fingerprint density at radius 3 is 2.88 bits per heavy atom. The summed E-state index contributed by atoms with van der Waals surface area (Å²) < 4.78 is 0. The van der Waals surface area contributed by atoms with Crippen molar-refractivity contribution in [1.29, 1.82) is 0 Å². The predicted molar refractivity (Wildman–Crippen MR) is 78.0 cm³/mol. The van der Waals surface area contributed by atoms with Gasteiger partial charge in [-0.2, -0.15) is 11.8 Å². The minimum absolute atomic E-state index is 0.582. The summed E-state index contributed by atoms with van der Waals surface area (Å²) >= 11 is 4.11. The number of hydrogen-bond donors (Lipinski definition) is 1. The molecule has 2 heterocycles. The Labute approximate surface area is 112 Å². The number of benzene rings is 1. The molecule has 0 saturated carbocycles. The maximum absolute atomic E-state index is 3.89. The molecule has 3 heteroatoms. The molecule has 0 aliphatic carbocycles. The quantitative estimate of drug-likeness (QED) is 0.875. The topological polar surface area (TPSA) is 12.0 Å². The van der Waals surface area contributed by atoms with Gasteiger partial charge >= 0.3 is 0 Å². The minimum Gasteiger partial charge on any atom is -0.306 e. The van der Waals surface area contributed by atoms with Crippen LogP contribution in [0.25, 0.3) is 0 Å². The Balaban J connectivity index is 1.76. The molecular weight excluding hydrogens is 246 g/mol. The van der Waals surface area contributed by atoms with Crippen molar-refractivity contribution in [2.75, 3.05) is 11.5 Å². The maximum atomic E-state index is 3.89. The second-order valence-electron chi connectivity index (χ2n) is 4.87. The second kappa shape index (κ2) is 5.25. The summed E-state index contributed by atoms with van der Waals surface area (Å²) in [5, 5.41) is 4.66. The van der Waals surface area contributed by atoms with E-state index in [9.17, 15) is 0 Å². The monoisotopic (exact) mass is 265 g/mol. The molecule has 1 N–H and O–H groups in total. The summed E-state index contributed by atoms with van der Waals surface area (Å²) in [6.07, 6.45) is 2.60.